The van der Waals surface area contributed by atoms with Gasteiger partial charge in [-0.1, -0.05) is 17.7 Å². The van der Waals surface area contributed by atoms with E-state index in [0.29, 0.717) is 28.5 Å². The Morgan fingerprint density at radius 3 is 2.85 bits per heavy atom. The number of ether oxygens (including phenoxy) is 1. The van der Waals surface area contributed by atoms with Gasteiger partial charge in [0, 0.05) is 11.6 Å². The summed E-state index contributed by atoms with van der Waals surface area (Å²) in [6.45, 7) is 3.43. The molecule has 0 fully saturated rings. The largest absolute Gasteiger partial charge is 0.438 e. The molecule has 0 spiro atoms. The van der Waals surface area contributed by atoms with Crippen LogP contribution in [0, 0.1) is 19.7 Å². The van der Waals surface area contributed by atoms with Crippen LogP contribution in [-0.4, -0.2) is 19.6 Å². The molecule has 5 nitrogen and oxygen atoms in total. The van der Waals surface area contributed by atoms with Crippen molar-refractivity contribution in [2.75, 3.05) is 0 Å². The van der Waals surface area contributed by atoms with E-state index in [-0.39, 0.29) is 11.0 Å². The Labute approximate surface area is 119 Å². The first kappa shape index (κ1) is 12.8. The predicted molar refractivity (Wildman–Crippen MR) is 71.7 cm³/mol. The van der Waals surface area contributed by atoms with Crippen molar-refractivity contribution < 1.29 is 9.13 Å². The van der Waals surface area contributed by atoms with Crippen molar-refractivity contribution in [3.05, 3.63) is 46.6 Å². The van der Waals surface area contributed by atoms with E-state index in [2.05, 4.69) is 15.1 Å². The van der Waals surface area contributed by atoms with E-state index in [1.807, 2.05) is 0 Å². The van der Waals surface area contributed by atoms with Crippen LogP contribution >= 0.6 is 11.6 Å². The van der Waals surface area contributed by atoms with Crippen molar-refractivity contribution >= 4 is 17.4 Å². The van der Waals surface area contributed by atoms with E-state index < -0.39 is 0 Å². The van der Waals surface area contributed by atoms with Crippen molar-refractivity contribution in [1.82, 2.24) is 19.6 Å². The van der Waals surface area contributed by atoms with Crippen LogP contribution in [0.2, 0.25) is 5.15 Å². The fourth-order valence-electron chi connectivity index (χ4n) is 1.74. The zero-order valence-electron chi connectivity index (χ0n) is 10.8. The highest BCUT2D eigenvalue weighted by Crippen LogP contribution is 2.29. The minimum atomic E-state index is -0.338. The normalized spacial score (nSPS) is 11.0. The number of rotatable bonds is 2. The maximum atomic E-state index is 13.6. The minimum absolute atomic E-state index is 0.271. The molecule has 0 aliphatic carbocycles. The Kier molecular flexibility index (Phi) is 3.02. The molecule has 20 heavy (non-hydrogen) atoms. The average molecular weight is 293 g/mol. The molecule has 0 radical (unpaired) electrons. The summed E-state index contributed by atoms with van der Waals surface area (Å²) >= 11 is 6.03. The lowest BCUT2D eigenvalue weighted by molar-refractivity contribution is 0.437. The van der Waals surface area contributed by atoms with Crippen molar-refractivity contribution in [3.63, 3.8) is 0 Å². The van der Waals surface area contributed by atoms with Gasteiger partial charge in [0.25, 0.3) is 5.78 Å². The van der Waals surface area contributed by atoms with Crippen molar-refractivity contribution in [1.29, 1.82) is 0 Å². The molecule has 0 aliphatic heterocycles. The Bertz CT molecular complexity index is 802. The maximum absolute atomic E-state index is 13.6. The molecular weight excluding hydrogens is 283 g/mol. The zero-order chi connectivity index (χ0) is 14.3. The Morgan fingerprint density at radius 1 is 1.30 bits per heavy atom. The number of hydrogen-bond donors (Lipinski definition) is 0. The van der Waals surface area contributed by atoms with Gasteiger partial charge in [-0.15, -0.1) is 0 Å². The third kappa shape index (κ3) is 2.08. The highest BCUT2D eigenvalue weighted by Gasteiger charge is 2.14. The number of fused-ring (bicyclic) bond motifs is 1. The molecule has 0 unspecified atom stereocenters. The predicted octanol–water partition coefficient (Wildman–Crippen LogP) is 3.33. The van der Waals surface area contributed by atoms with Crippen molar-refractivity contribution in [2.24, 2.45) is 0 Å². The van der Waals surface area contributed by atoms with Gasteiger partial charge in [0.15, 0.2) is 0 Å². The summed E-state index contributed by atoms with van der Waals surface area (Å²) in [5, 5.41) is 4.29. The summed E-state index contributed by atoms with van der Waals surface area (Å²) in [7, 11) is 0. The zero-order valence-corrected chi connectivity index (χ0v) is 11.5. The van der Waals surface area contributed by atoms with Gasteiger partial charge in [0.05, 0.1) is 0 Å². The average Bonchev–Trinajstić information content (AvgIpc) is 2.87. The number of benzene rings is 1. The van der Waals surface area contributed by atoms with Crippen LogP contribution in [0.1, 0.15) is 11.1 Å². The second kappa shape index (κ2) is 4.72. The molecule has 0 saturated carbocycles. The third-order valence-corrected chi connectivity index (χ3v) is 3.28. The first-order chi connectivity index (χ1) is 9.56. The molecule has 3 aromatic rings. The molecule has 0 amide bonds. The molecule has 3 rings (SSSR count). The van der Waals surface area contributed by atoms with E-state index in [4.69, 9.17) is 16.3 Å². The van der Waals surface area contributed by atoms with Gasteiger partial charge in [-0.3, -0.25) is 0 Å². The SMILES string of the molecule is Cc1ccc(Oc2c(C)c(Cl)nc3ncnn23)cc1F. The second-order valence-corrected chi connectivity index (χ2v) is 4.68. The van der Waals surface area contributed by atoms with Gasteiger partial charge in [-0.2, -0.15) is 19.6 Å². The molecule has 7 heteroatoms. The van der Waals surface area contributed by atoms with Crippen LogP contribution < -0.4 is 4.74 Å². The molecule has 102 valence electrons. The van der Waals surface area contributed by atoms with Crippen LogP contribution in [0.15, 0.2) is 24.5 Å². The maximum Gasteiger partial charge on any atom is 0.256 e. The fourth-order valence-corrected chi connectivity index (χ4v) is 1.90. The number of halogens is 2. The molecule has 2 aromatic heterocycles. The Hall–Kier alpha value is -2.21. The highest BCUT2D eigenvalue weighted by atomic mass is 35.5. The van der Waals surface area contributed by atoms with Gasteiger partial charge in [0.1, 0.15) is 23.0 Å². The molecule has 0 saturated heterocycles. The Morgan fingerprint density at radius 2 is 2.10 bits per heavy atom. The van der Waals surface area contributed by atoms with E-state index in [9.17, 15) is 4.39 Å². The molecule has 0 atom stereocenters. The lowest BCUT2D eigenvalue weighted by Crippen LogP contribution is -2.01. The summed E-state index contributed by atoms with van der Waals surface area (Å²) in [5.41, 5.74) is 1.15. The third-order valence-electron chi connectivity index (χ3n) is 2.91. The number of aryl methyl sites for hydroxylation is 1. The number of hydrogen-bond acceptors (Lipinski definition) is 4. The summed E-state index contributed by atoms with van der Waals surface area (Å²) in [4.78, 5) is 8.03. The quantitative estimate of drug-likeness (QED) is 0.680. The van der Waals surface area contributed by atoms with Gasteiger partial charge in [0.2, 0.25) is 5.88 Å². The molecule has 1 aromatic carbocycles. The topological polar surface area (TPSA) is 52.3 Å². The lowest BCUT2D eigenvalue weighted by Gasteiger charge is -2.11. The fraction of sp³-hybridized carbons (Fsp3) is 0.154. The summed E-state index contributed by atoms with van der Waals surface area (Å²) in [6.07, 6.45) is 1.35. The summed E-state index contributed by atoms with van der Waals surface area (Å²) in [5.74, 6) is 0.703. The van der Waals surface area contributed by atoms with Gasteiger partial charge in [-0.05, 0) is 25.5 Å². The van der Waals surface area contributed by atoms with Gasteiger partial charge in [-0.25, -0.2) is 4.39 Å². The number of nitrogens with zero attached hydrogens (tertiary/aromatic N) is 4. The molecule has 0 aliphatic rings. The van der Waals surface area contributed by atoms with E-state index in [1.165, 1.54) is 16.9 Å². The minimum Gasteiger partial charge on any atom is -0.438 e. The molecule has 0 N–H and O–H groups in total. The van der Waals surface area contributed by atoms with Gasteiger partial charge >= 0.3 is 0 Å². The molecular formula is C13H10ClFN4O. The van der Waals surface area contributed by atoms with E-state index >= 15 is 0 Å². The van der Waals surface area contributed by atoms with Gasteiger partial charge < -0.3 is 4.74 Å². The standard InChI is InChI=1S/C13H10ClFN4O/c1-7-3-4-9(5-10(7)15)20-12-8(2)11(14)18-13-16-6-17-19(12)13/h3-6H,1-2H3. The molecule has 0 bridgehead atoms. The van der Waals surface area contributed by atoms with Crippen molar-refractivity contribution in [2.45, 2.75) is 13.8 Å². The van der Waals surface area contributed by atoms with Crippen molar-refractivity contribution in [3.8, 4) is 11.6 Å². The first-order valence-corrected chi connectivity index (χ1v) is 6.24. The summed E-state index contributed by atoms with van der Waals surface area (Å²) in [6, 6.07) is 4.63. The molecule has 2 heterocycles. The summed E-state index contributed by atoms with van der Waals surface area (Å²) < 4.78 is 20.7. The number of aromatic nitrogens is 4. The van der Waals surface area contributed by atoms with E-state index in [0.717, 1.165) is 0 Å². The van der Waals surface area contributed by atoms with Crippen LogP contribution in [0.3, 0.4) is 0 Å². The monoisotopic (exact) mass is 292 g/mol. The van der Waals surface area contributed by atoms with Crippen LogP contribution in [-0.2, 0) is 0 Å². The Balaban J connectivity index is 2.11. The second-order valence-electron chi connectivity index (χ2n) is 4.32. The van der Waals surface area contributed by atoms with Crippen LogP contribution in [0.5, 0.6) is 11.6 Å². The van der Waals surface area contributed by atoms with Crippen LogP contribution in [0.4, 0.5) is 4.39 Å². The highest BCUT2D eigenvalue weighted by molar-refractivity contribution is 6.30. The lowest BCUT2D eigenvalue weighted by atomic mass is 10.2. The van der Waals surface area contributed by atoms with Crippen LogP contribution in [0.25, 0.3) is 5.78 Å². The first-order valence-electron chi connectivity index (χ1n) is 5.86. The smallest absolute Gasteiger partial charge is 0.256 e. The van der Waals surface area contributed by atoms with E-state index in [1.54, 1.807) is 26.0 Å².